The molecule has 248 valence electrons. The highest BCUT2D eigenvalue weighted by molar-refractivity contribution is 6.13. The second kappa shape index (κ2) is 12.9. The van der Waals surface area contributed by atoms with Crippen molar-refractivity contribution >= 4 is 32.7 Å². The van der Waals surface area contributed by atoms with Crippen molar-refractivity contribution in [2.24, 2.45) is 0 Å². The lowest BCUT2D eigenvalue weighted by Gasteiger charge is -2.11. The van der Waals surface area contributed by atoms with E-state index in [1.807, 2.05) is 48.5 Å². The first-order valence-electron chi connectivity index (χ1n) is 17.8. The summed E-state index contributed by atoms with van der Waals surface area (Å²) in [5, 5.41) is 4.66. The Morgan fingerprint density at radius 1 is 0.302 bits per heavy atom. The van der Waals surface area contributed by atoms with Crippen LogP contribution in [0.3, 0.4) is 0 Å². The minimum Gasteiger partial charge on any atom is -0.456 e. The molecule has 0 atom stereocenters. The van der Waals surface area contributed by atoms with Gasteiger partial charge in [-0.1, -0.05) is 164 Å². The summed E-state index contributed by atoms with van der Waals surface area (Å²) in [6, 6.07) is 65.2. The van der Waals surface area contributed by atoms with Gasteiger partial charge in [-0.25, -0.2) is 15.0 Å². The largest absolute Gasteiger partial charge is 0.456 e. The Bertz CT molecular complexity index is 2910. The van der Waals surface area contributed by atoms with Crippen molar-refractivity contribution in [2.75, 3.05) is 0 Å². The molecule has 0 aliphatic rings. The van der Waals surface area contributed by atoms with Gasteiger partial charge in [0.2, 0.25) is 0 Å². The molecule has 0 spiro atoms. The first-order chi connectivity index (χ1) is 26.2. The summed E-state index contributed by atoms with van der Waals surface area (Å²) < 4.78 is 6.40. The van der Waals surface area contributed by atoms with Crippen LogP contribution >= 0.6 is 0 Å². The van der Waals surface area contributed by atoms with Crippen LogP contribution in [0.15, 0.2) is 192 Å². The number of aromatic nitrogens is 3. The SMILES string of the molecule is c1ccc(-c2cc(-c3ccc(-c4nc(-c5ccccc5)nc(-c5ccc(-c6ccc7ccccc7c6)cc5)n4)cc3)c3c(c2)oc2ccccc23)cc1. The fourth-order valence-corrected chi connectivity index (χ4v) is 7.21. The highest BCUT2D eigenvalue weighted by Crippen LogP contribution is 2.40. The number of furan rings is 1. The maximum absolute atomic E-state index is 6.40. The molecule has 0 bridgehead atoms. The number of para-hydroxylation sites is 1. The van der Waals surface area contributed by atoms with Gasteiger partial charge in [-0.15, -0.1) is 0 Å². The molecular formula is C49H31N3O. The second-order valence-electron chi connectivity index (χ2n) is 13.3. The van der Waals surface area contributed by atoms with E-state index in [4.69, 9.17) is 19.4 Å². The number of fused-ring (bicyclic) bond motifs is 4. The average molecular weight is 678 g/mol. The van der Waals surface area contributed by atoms with Crippen LogP contribution in [0.5, 0.6) is 0 Å². The molecule has 0 amide bonds. The Kier molecular flexibility index (Phi) is 7.43. The zero-order chi connectivity index (χ0) is 35.1. The fourth-order valence-electron chi connectivity index (χ4n) is 7.21. The molecule has 53 heavy (non-hydrogen) atoms. The molecule has 0 unspecified atom stereocenters. The van der Waals surface area contributed by atoms with Crippen molar-refractivity contribution in [3.8, 4) is 67.5 Å². The molecular weight excluding hydrogens is 647 g/mol. The first-order valence-corrected chi connectivity index (χ1v) is 17.8. The summed E-state index contributed by atoms with van der Waals surface area (Å²) in [6.45, 7) is 0. The number of nitrogens with zero attached hydrogens (tertiary/aromatic N) is 3. The van der Waals surface area contributed by atoms with E-state index in [9.17, 15) is 0 Å². The third kappa shape index (κ3) is 5.73. The lowest BCUT2D eigenvalue weighted by atomic mass is 9.94. The smallest absolute Gasteiger partial charge is 0.164 e. The minimum atomic E-state index is 0.621. The molecule has 0 radical (unpaired) electrons. The molecule has 0 aliphatic carbocycles. The zero-order valence-corrected chi connectivity index (χ0v) is 28.6. The van der Waals surface area contributed by atoms with Crippen molar-refractivity contribution in [1.29, 1.82) is 0 Å². The Labute approximate surface area is 306 Å². The van der Waals surface area contributed by atoms with Gasteiger partial charge in [0.1, 0.15) is 11.2 Å². The van der Waals surface area contributed by atoms with Crippen molar-refractivity contribution in [3.05, 3.63) is 188 Å². The lowest BCUT2D eigenvalue weighted by Crippen LogP contribution is -2.00. The monoisotopic (exact) mass is 677 g/mol. The second-order valence-corrected chi connectivity index (χ2v) is 13.3. The lowest BCUT2D eigenvalue weighted by molar-refractivity contribution is 0.669. The molecule has 0 saturated carbocycles. The van der Waals surface area contributed by atoms with Crippen molar-refractivity contribution in [1.82, 2.24) is 15.0 Å². The van der Waals surface area contributed by atoms with Gasteiger partial charge in [-0.3, -0.25) is 0 Å². The van der Waals surface area contributed by atoms with E-state index < -0.39 is 0 Å². The quantitative estimate of drug-likeness (QED) is 0.176. The molecule has 0 aliphatic heterocycles. The molecule has 4 nitrogen and oxygen atoms in total. The van der Waals surface area contributed by atoms with Gasteiger partial charge in [0.05, 0.1) is 0 Å². The van der Waals surface area contributed by atoms with Crippen LogP contribution in [-0.4, -0.2) is 15.0 Å². The van der Waals surface area contributed by atoms with E-state index in [1.165, 1.54) is 16.3 Å². The van der Waals surface area contributed by atoms with Crippen LogP contribution < -0.4 is 0 Å². The van der Waals surface area contributed by atoms with Crippen molar-refractivity contribution < 1.29 is 4.42 Å². The number of benzene rings is 8. The summed E-state index contributed by atoms with van der Waals surface area (Å²) in [7, 11) is 0. The molecule has 4 heteroatoms. The molecule has 10 aromatic rings. The van der Waals surface area contributed by atoms with Gasteiger partial charge >= 0.3 is 0 Å². The Hall–Kier alpha value is -7.17. The van der Waals surface area contributed by atoms with Crippen molar-refractivity contribution in [2.45, 2.75) is 0 Å². The molecule has 0 N–H and O–H groups in total. The van der Waals surface area contributed by atoms with E-state index in [1.54, 1.807) is 0 Å². The predicted octanol–water partition coefficient (Wildman–Crippen LogP) is 12.9. The third-order valence-electron chi connectivity index (χ3n) is 9.93. The first kappa shape index (κ1) is 30.6. The van der Waals surface area contributed by atoms with Crippen LogP contribution in [-0.2, 0) is 0 Å². The van der Waals surface area contributed by atoms with Crippen LogP contribution in [0.1, 0.15) is 0 Å². The maximum Gasteiger partial charge on any atom is 0.164 e. The number of hydrogen-bond donors (Lipinski definition) is 0. The van der Waals surface area contributed by atoms with Gasteiger partial charge < -0.3 is 4.42 Å². The Morgan fingerprint density at radius 2 is 0.792 bits per heavy atom. The fraction of sp³-hybridized carbons (Fsp3) is 0. The maximum atomic E-state index is 6.40. The zero-order valence-electron chi connectivity index (χ0n) is 28.6. The van der Waals surface area contributed by atoms with E-state index in [-0.39, 0.29) is 0 Å². The number of hydrogen-bond acceptors (Lipinski definition) is 4. The summed E-state index contributed by atoms with van der Waals surface area (Å²) in [4.78, 5) is 15.0. The Balaban J connectivity index is 1.06. The normalized spacial score (nSPS) is 11.4. The summed E-state index contributed by atoms with van der Waals surface area (Å²) >= 11 is 0. The standard InChI is InChI=1S/C49H31N3O/c1-3-11-32(12-4-1)41-30-43(46-42-17-9-10-18-44(42)53-45(46)31-41)35-22-26-38(27-23-35)49-51-47(36-14-5-2-6-15-36)50-48(52-49)37-24-19-34(20-25-37)40-28-21-33-13-7-8-16-39(33)29-40/h1-31H. The van der Waals surface area contributed by atoms with E-state index >= 15 is 0 Å². The minimum absolute atomic E-state index is 0.621. The molecule has 0 saturated heterocycles. The van der Waals surface area contributed by atoms with E-state index in [0.29, 0.717) is 17.5 Å². The third-order valence-corrected chi connectivity index (χ3v) is 9.93. The summed E-state index contributed by atoms with van der Waals surface area (Å²) in [6.07, 6.45) is 0. The van der Waals surface area contributed by atoms with Crippen molar-refractivity contribution in [3.63, 3.8) is 0 Å². The van der Waals surface area contributed by atoms with Gasteiger partial charge in [0.15, 0.2) is 17.5 Å². The molecule has 8 aromatic carbocycles. The topological polar surface area (TPSA) is 51.8 Å². The van der Waals surface area contributed by atoms with Crippen LogP contribution in [0.25, 0.3) is 100 Å². The molecule has 10 rings (SSSR count). The summed E-state index contributed by atoms with van der Waals surface area (Å²) in [5.74, 6) is 1.89. The van der Waals surface area contributed by atoms with Gasteiger partial charge in [0.25, 0.3) is 0 Å². The number of rotatable bonds is 6. The Morgan fingerprint density at radius 3 is 1.47 bits per heavy atom. The van der Waals surface area contributed by atoms with Crippen LogP contribution in [0.4, 0.5) is 0 Å². The van der Waals surface area contributed by atoms with Gasteiger partial charge in [-0.05, 0) is 68.4 Å². The van der Waals surface area contributed by atoms with E-state index in [0.717, 1.165) is 66.4 Å². The molecule has 2 heterocycles. The van der Waals surface area contributed by atoms with Gasteiger partial charge in [-0.2, -0.15) is 0 Å². The predicted molar refractivity (Wildman–Crippen MR) is 217 cm³/mol. The summed E-state index contributed by atoms with van der Waals surface area (Å²) in [5.41, 5.74) is 11.3. The van der Waals surface area contributed by atoms with Gasteiger partial charge in [0, 0.05) is 27.5 Å². The highest BCUT2D eigenvalue weighted by Gasteiger charge is 2.17. The average Bonchev–Trinajstić information content (AvgIpc) is 3.62. The molecule has 2 aromatic heterocycles. The van der Waals surface area contributed by atoms with E-state index in [2.05, 4.69) is 140 Å². The molecule has 0 fully saturated rings. The van der Waals surface area contributed by atoms with Crippen LogP contribution in [0, 0.1) is 0 Å². The van der Waals surface area contributed by atoms with Crippen LogP contribution in [0.2, 0.25) is 0 Å². The highest BCUT2D eigenvalue weighted by atomic mass is 16.3.